The van der Waals surface area contributed by atoms with Crippen molar-refractivity contribution in [1.29, 1.82) is 0 Å². The van der Waals surface area contributed by atoms with Crippen molar-refractivity contribution in [2.75, 3.05) is 5.32 Å². The zero-order valence-electron chi connectivity index (χ0n) is 14.0. The van der Waals surface area contributed by atoms with E-state index in [-0.39, 0.29) is 10.9 Å². The summed E-state index contributed by atoms with van der Waals surface area (Å²) in [6.07, 6.45) is 0. The average Bonchev–Trinajstić information content (AvgIpc) is 3.06. The maximum atomic E-state index is 13.6. The highest BCUT2D eigenvalue weighted by molar-refractivity contribution is 8.00. The van der Waals surface area contributed by atoms with Crippen LogP contribution in [0.4, 0.5) is 14.5 Å². The lowest BCUT2D eigenvalue weighted by Crippen LogP contribution is -2.23. The number of carbonyl (C=O) groups excluding carboxylic acids is 1. The van der Waals surface area contributed by atoms with Crippen molar-refractivity contribution in [3.63, 3.8) is 0 Å². The Morgan fingerprint density at radius 3 is 2.77 bits per heavy atom. The van der Waals surface area contributed by atoms with Crippen molar-refractivity contribution in [2.24, 2.45) is 0 Å². The molecule has 0 aliphatic carbocycles. The van der Waals surface area contributed by atoms with Crippen LogP contribution in [0.1, 0.15) is 12.5 Å². The van der Waals surface area contributed by atoms with Crippen molar-refractivity contribution in [2.45, 2.75) is 24.3 Å². The Morgan fingerprint density at radius 2 is 2.00 bits per heavy atom. The van der Waals surface area contributed by atoms with Gasteiger partial charge in [-0.25, -0.2) is 8.78 Å². The van der Waals surface area contributed by atoms with Crippen LogP contribution in [0.25, 0.3) is 11.5 Å². The van der Waals surface area contributed by atoms with E-state index in [0.29, 0.717) is 5.89 Å². The molecular weight excluding hydrogens is 360 g/mol. The normalized spacial score (nSPS) is 12.0. The number of thioether (sulfide) groups is 1. The molecule has 0 saturated heterocycles. The van der Waals surface area contributed by atoms with Gasteiger partial charge in [0.2, 0.25) is 11.8 Å². The summed E-state index contributed by atoms with van der Waals surface area (Å²) in [5.74, 6) is -1.51. The fourth-order valence-electron chi connectivity index (χ4n) is 2.18. The van der Waals surface area contributed by atoms with Crippen molar-refractivity contribution < 1.29 is 18.0 Å². The minimum absolute atomic E-state index is 0.212. The number of rotatable bonds is 5. The molecule has 3 rings (SSSR count). The second kappa shape index (κ2) is 7.65. The fraction of sp³-hybridized carbons (Fsp3) is 0.167. The number of aromatic nitrogens is 2. The summed E-state index contributed by atoms with van der Waals surface area (Å²) in [5, 5.41) is 9.80. The number of amides is 1. The molecule has 1 N–H and O–H groups in total. The molecule has 1 aromatic heterocycles. The molecule has 26 heavy (non-hydrogen) atoms. The molecule has 0 spiro atoms. The second-order valence-electron chi connectivity index (χ2n) is 5.62. The summed E-state index contributed by atoms with van der Waals surface area (Å²) in [7, 11) is 0. The summed E-state index contributed by atoms with van der Waals surface area (Å²) < 4.78 is 32.4. The van der Waals surface area contributed by atoms with E-state index in [0.717, 1.165) is 41.1 Å². The van der Waals surface area contributed by atoms with Gasteiger partial charge in [0.25, 0.3) is 5.22 Å². The molecule has 0 saturated carbocycles. The monoisotopic (exact) mass is 375 g/mol. The van der Waals surface area contributed by atoms with Crippen LogP contribution in [-0.2, 0) is 4.79 Å². The van der Waals surface area contributed by atoms with E-state index in [1.807, 2.05) is 31.2 Å². The Hall–Kier alpha value is -2.74. The van der Waals surface area contributed by atoms with E-state index < -0.39 is 22.8 Å². The Balaban J connectivity index is 1.67. The fourth-order valence-corrected chi connectivity index (χ4v) is 2.87. The summed E-state index contributed by atoms with van der Waals surface area (Å²) in [6.45, 7) is 3.56. The van der Waals surface area contributed by atoms with E-state index >= 15 is 0 Å². The first kappa shape index (κ1) is 18.1. The third-order valence-corrected chi connectivity index (χ3v) is 4.44. The topological polar surface area (TPSA) is 68.0 Å². The number of hydrogen-bond acceptors (Lipinski definition) is 5. The Labute approximate surface area is 152 Å². The zero-order chi connectivity index (χ0) is 18.7. The molecule has 1 amide bonds. The molecule has 0 aliphatic rings. The van der Waals surface area contributed by atoms with Gasteiger partial charge in [0.05, 0.1) is 10.9 Å². The van der Waals surface area contributed by atoms with E-state index in [1.54, 1.807) is 6.92 Å². The standard InChI is InChI=1S/C18H15F2N3O2S/c1-10-4-3-5-12(8-10)17-22-23-18(25-17)26-11(2)16(24)21-15-9-13(19)6-7-14(15)20/h3-9,11H,1-2H3,(H,21,24)/t11-/m0/s1. The molecule has 2 aromatic carbocycles. The molecule has 0 radical (unpaired) electrons. The maximum absolute atomic E-state index is 13.6. The van der Waals surface area contributed by atoms with Crippen LogP contribution in [-0.4, -0.2) is 21.4 Å². The van der Waals surface area contributed by atoms with Crippen molar-refractivity contribution in [3.05, 3.63) is 59.7 Å². The molecule has 134 valence electrons. The van der Waals surface area contributed by atoms with Gasteiger partial charge in [-0.15, -0.1) is 10.2 Å². The van der Waals surface area contributed by atoms with E-state index in [4.69, 9.17) is 4.42 Å². The van der Waals surface area contributed by atoms with E-state index in [9.17, 15) is 13.6 Å². The Kier molecular flexibility index (Phi) is 5.32. The van der Waals surface area contributed by atoms with Crippen LogP contribution < -0.4 is 5.32 Å². The largest absolute Gasteiger partial charge is 0.411 e. The lowest BCUT2D eigenvalue weighted by molar-refractivity contribution is -0.115. The molecular formula is C18H15F2N3O2S. The van der Waals surface area contributed by atoms with Crippen LogP contribution in [0.2, 0.25) is 0 Å². The number of benzene rings is 2. The first-order chi connectivity index (χ1) is 12.4. The molecule has 5 nitrogen and oxygen atoms in total. The first-order valence-electron chi connectivity index (χ1n) is 7.75. The minimum atomic E-state index is -0.712. The number of aryl methyl sites for hydroxylation is 1. The third kappa shape index (κ3) is 4.26. The molecule has 0 aliphatic heterocycles. The van der Waals surface area contributed by atoms with Gasteiger partial charge in [-0.1, -0.05) is 29.5 Å². The summed E-state index contributed by atoms with van der Waals surface area (Å²) in [6, 6.07) is 10.4. The number of carbonyl (C=O) groups is 1. The number of anilines is 1. The zero-order valence-corrected chi connectivity index (χ0v) is 14.8. The molecule has 0 unspecified atom stereocenters. The average molecular weight is 375 g/mol. The minimum Gasteiger partial charge on any atom is -0.411 e. The number of nitrogens with zero attached hydrogens (tertiary/aromatic N) is 2. The number of hydrogen-bond donors (Lipinski definition) is 1. The molecule has 8 heteroatoms. The molecule has 1 atom stereocenters. The van der Waals surface area contributed by atoms with Crippen molar-refractivity contribution in [1.82, 2.24) is 10.2 Å². The van der Waals surface area contributed by atoms with Crippen molar-refractivity contribution in [3.8, 4) is 11.5 Å². The number of halogens is 2. The lowest BCUT2D eigenvalue weighted by atomic mass is 10.1. The highest BCUT2D eigenvalue weighted by atomic mass is 32.2. The summed E-state index contributed by atoms with van der Waals surface area (Å²) >= 11 is 1.03. The van der Waals surface area contributed by atoms with Gasteiger partial charge in [-0.2, -0.15) is 0 Å². The van der Waals surface area contributed by atoms with Gasteiger partial charge in [0, 0.05) is 11.6 Å². The molecule has 0 bridgehead atoms. The smallest absolute Gasteiger partial charge is 0.277 e. The van der Waals surface area contributed by atoms with Gasteiger partial charge in [-0.05, 0) is 38.1 Å². The SMILES string of the molecule is Cc1cccc(-c2nnc(S[C@@H](C)C(=O)Nc3cc(F)ccc3F)o2)c1. The summed E-state index contributed by atoms with van der Waals surface area (Å²) in [4.78, 5) is 12.2. The Bertz CT molecular complexity index is 946. The quantitative estimate of drug-likeness (QED) is 0.668. The molecule has 1 heterocycles. The van der Waals surface area contributed by atoms with E-state index in [2.05, 4.69) is 15.5 Å². The Morgan fingerprint density at radius 1 is 1.19 bits per heavy atom. The first-order valence-corrected chi connectivity index (χ1v) is 8.63. The highest BCUT2D eigenvalue weighted by Gasteiger charge is 2.20. The summed E-state index contributed by atoms with van der Waals surface area (Å²) in [5.41, 5.74) is 1.62. The van der Waals surface area contributed by atoms with Crippen LogP contribution >= 0.6 is 11.8 Å². The lowest BCUT2D eigenvalue weighted by Gasteiger charge is -2.10. The highest BCUT2D eigenvalue weighted by Crippen LogP contribution is 2.27. The molecule has 0 fully saturated rings. The van der Waals surface area contributed by atoms with Crippen LogP contribution in [0.3, 0.4) is 0 Å². The molecule has 3 aromatic rings. The van der Waals surface area contributed by atoms with E-state index in [1.165, 1.54) is 0 Å². The van der Waals surface area contributed by atoms with Crippen molar-refractivity contribution >= 4 is 23.4 Å². The number of nitrogens with one attached hydrogen (secondary N) is 1. The van der Waals surface area contributed by atoms with Crippen LogP contribution in [0.5, 0.6) is 0 Å². The van der Waals surface area contributed by atoms with Gasteiger partial charge in [0.15, 0.2) is 0 Å². The third-order valence-electron chi connectivity index (χ3n) is 3.50. The van der Waals surface area contributed by atoms with Gasteiger partial charge in [-0.3, -0.25) is 4.79 Å². The van der Waals surface area contributed by atoms with Gasteiger partial charge in [0.1, 0.15) is 11.6 Å². The van der Waals surface area contributed by atoms with Gasteiger partial charge < -0.3 is 9.73 Å². The predicted molar refractivity (Wildman–Crippen MR) is 94.8 cm³/mol. The van der Waals surface area contributed by atoms with Crippen LogP contribution in [0.15, 0.2) is 52.1 Å². The van der Waals surface area contributed by atoms with Gasteiger partial charge >= 0.3 is 0 Å². The second-order valence-corrected chi connectivity index (χ2v) is 6.91. The van der Waals surface area contributed by atoms with Crippen LogP contribution in [0, 0.1) is 18.6 Å². The predicted octanol–water partition coefficient (Wildman–Crippen LogP) is 4.44. The maximum Gasteiger partial charge on any atom is 0.277 e.